The van der Waals surface area contributed by atoms with Crippen LogP contribution in [0.25, 0.3) is 0 Å². The summed E-state index contributed by atoms with van der Waals surface area (Å²) in [5.41, 5.74) is 1.70. The van der Waals surface area contributed by atoms with Gasteiger partial charge in [-0.2, -0.15) is 0 Å². The van der Waals surface area contributed by atoms with Crippen LogP contribution < -0.4 is 0 Å². The smallest absolute Gasteiger partial charge is 0.201 e. The van der Waals surface area contributed by atoms with Crippen molar-refractivity contribution in [3.63, 3.8) is 0 Å². The van der Waals surface area contributed by atoms with Crippen molar-refractivity contribution in [3.8, 4) is 0 Å². The molecule has 2 nitrogen and oxygen atoms in total. The van der Waals surface area contributed by atoms with E-state index in [2.05, 4.69) is 0 Å². The Morgan fingerprint density at radius 1 is 0.913 bits per heavy atom. The average molecular weight is 324 g/mol. The van der Waals surface area contributed by atoms with Crippen molar-refractivity contribution in [2.75, 3.05) is 0 Å². The van der Waals surface area contributed by atoms with E-state index in [1.165, 1.54) is 25.7 Å². The maximum Gasteiger partial charge on any atom is 0.201 e. The lowest BCUT2D eigenvalue weighted by atomic mass is 9.64. The predicted octanol–water partition coefficient (Wildman–Crippen LogP) is 4.64. The Morgan fingerprint density at radius 3 is 2.43 bits per heavy atom. The minimum absolute atomic E-state index is 0.0923. The topological polar surface area (TPSA) is 34.1 Å². The molecule has 0 spiro atoms. The summed E-state index contributed by atoms with van der Waals surface area (Å²) in [5, 5.41) is 0. The maximum atomic E-state index is 13.1. The van der Waals surface area contributed by atoms with Gasteiger partial charge >= 0.3 is 0 Å². The Kier molecular flexibility index (Phi) is 3.09. The van der Waals surface area contributed by atoms with Crippen LogP contribution in [-0.2, 0) is 4.79 Å². The molecule has 0 radical (unpaired) electrons. The fourth-order valence-electron chi connectivity index (χ4n) is 5.56. The molecule has 23 heavy (non-hydrogen) atoms. The largest absolute Gasteiger partial charge is 0.294 e. The van der Waals surface area contributed by atoms with Crippen LogP contribution in [0.2, 0.25) is 0 Å². The minimum atomic E-state index is 0.0923. The van der Waals surface area contributed by atoms with Crippen LogP contribution >= 0.6 is 11.8 Å². The number of carbonyl (C=O) groups is 2. The summed E-state index contributed by atoms with van der Waals surface area (Å²) in [6, 6.07) is 7.79. The average Bonchev–Trinajstić information content (AvgIpc) is 3.06. The first-order valence-electron chi connectivity index (χ1n) is 8.85. The molecule has 4 atom stereocenters. The summed E-state index contributed by atoms with van der Waals surface area (Å²) < 4.78 is 0. The number of benzene rings is 1. The van der Waals surface area contributed by atoms with Gasteiger partial charge in [0.2, 0.25) is 5.78 Å². The van der Waals surface area contributed by atoms with Gasteiger partial charge < -0.3 is 0 Å². The Bertz CT molecular complexity index is 746. The van der Waals surface area contributed by atoms with Crippen molar-refractivity contribution in [2.45, 2.75) is 43.4 Å². The van der Waals surface area contributed by atoms with Gasteiger partial charge in [0.15, 0.2) is 5.78 Å². The summed E-state index contributed by atoms with van der Waals surface area (Å²) >= 11 is 1.54. The van der Waals surface area contributed by atoms with Crippen molar-refractivity contribution in [3.05, 3.63) is 40.3 Å². The molecule has 1 aromatic carbocycles. The first-order valence-corrected chi connectivity index (χ1v) is 9.67. The molecule has 0 bridgehead atoms. The second kappa shape index (κ2) is 5.07. The lowest BCUT2D eigenvalue weighted by Crippen LogP contribution is -2.33. The molecule has 118 valence electrons. The normalized spacial score (nSPS) is 38.6. The van der Waals surface area contributed by atoms with Crippen LogP contribution in [0.4, 0.5) is 0 Å². The summed E-state index contributed by atoms with van der Waals surface area (Å²) in [4.78, 5) is 27.8. The number of ketones is 2. The van der Waals surface area contributed by atoms with E-state index in [0.29, 0.717) is 17.6 Å². The summed E-state index contributed by atoms with van der Waals surface area (Å²) in [5.74, 6) is 2.22. The molecule has 3 fully saturated rings. The molecule has 3 heteroatoms. The van der Waals surface area contributed by atoms with Gasteiger partial charge in [-0.3, -0.25) is 9.59 Å². The van der Waals surface area contributed by atoms with Crippen LogP contribution in [0.15, 0.2) is 39.6 Å². The Balaban J connectivity index is 1.63. The molecule has 3 aliphatic carbocycles. The maximum absolute atomic E-state index is 13.1. The fraction of sp³-hybridized carbons (Fsp3) is 0.500. The fourth-order valence-corrected chi connectivity index (χ4v) is 6.76. The van der Waals surface area contributed by atoms with Gasteiger partial charge in [0.25, 0.3) is 0 Å². The zero-order valence-corrected chi connectivity index (χ0v) is 13.9. The lowest BCUT2D eigenvalue weighted by Gasteiger charge is -2.39. The molecule has 1 aliphatic heterocycles. The van der Waals surface area contributed by atoms with E-state index < -0.39 is 0 Å². The zero-order chi connectivity index (χ0) is 15.6. The van der Waals surface area contributed by atoms with Crippen molar-refractivity contribution >= 4 is 23.3 Å². The number of carbonyl (C=O) groups excluding carboxylic acids is 2. The third kappa shape index (κ3) is 1.89. The molecule has 4 aliphatic rings. The lowest BCUT2D eigenvalue weighted by molar-refractivity contribution is -0.120. The number of rotatable bonds is 0. The number of Topliss-reactive ketones (excluding diaryl/α,β-unsaturated/α-hetero) is 2. The summed E-state index contributed by atoms with van der Waals surface area (Å²) in [6.45, 7) is 0. The van der Waals surface area contributed by atoms with Gasteiger partial charge in [-0.15, -0.1) is 0 Å². The number of allylic oxidation sites excluding steroid dienone is 2. The first-order chi connectivity index (χ1) is 11.3. The van der Waals surface area contributed by atoms with Crippen LogP contribution in [0, 0.1) is 23.7 Å². The van der Waals surface area contributed by atoms with Crippen LogP contribution in [0.3, 0.4) is 0 Å². The molecular formula is C20H20O2S. The van der Waals surface area contributed by atoms with Gasteiger partial charge in [0.05, 0.1) is 4.91 Å². The van der Waals surface area contributed by atoms with E-state index in [4.69, 9.17) is 0 Å². The standard InChI is InChI=1S/C20H20O2S/c21-18-14-9-4-6-11-5-3-8-13(16(11)14)17(18)20-19(22)12-7-1-2-10-15(12)23-20/h1-2,7,10-11,13-14,16H,3-6,8-9H2/b20-17+. The van der Waals surface area contributed by atoms with E-state index in [-0.39, 0.29) is 11.7 Å². The Labute approximate surface area is 140 Å². The molecule has 3 saturated carbocycles. The highest BCUT2D eigenvalue weighted by atomic mass is 32.2. The van der Waals surface area contributed by atoms with Crippen LogP contribution in [0.1, 0.15) is 48.9 Å². The Morgan fingerprint density at radius 2 is 1.65 bits per heavy atom. The van der Waals surface area contributed by atoms with Crippen LogP contribution in [-0.4, -0.2) is 11.6 Å². The van der Waals surface area contributed by atoms with Gasteiger partial charge in [-0.1, -0.05) is 49.6 Å². The van der Waals surface area contributed by atoms with E-state index in [1.807, 2.05) is 24.3 Å². The first kappa shape index (κ1) is 14.0. The highest BCUT2D eigenvalue weighted by Gasteiger charge is 2.53. The summed E-state index contributed by atoms with van der Waals surface area (Å²) in [7, 11) is 0. The van der Waals surface area contributed by atoms with Gasteiger partial charge in [-0.05, 0) is 42.7 Å². The van der Waals surface area contributed by atoms with Crippen molar-refractivity contribution in [1.82, 2.24) is 0 Å². The highest BCUT2D eigenvalue weighted by Crippen LogP contribution is 2.57. The summed E-state index contributed by atoms with van der Waals surface area (Å²) in [6.07, 6.45) is 7.12. The van der Waals surface area contributed by atoms with Crippen molar-refractivity contribution < 1.29 is 9.59 Å². The van der Waals surface area contributed by atoms with Gasteiger partial charge in [0.1, 0.15) is 0 Å². The molecular weight excluding hydrogens is 304 g/mol. The third-order valence-corrected chi connectivity index (χ3v) is 7.61. The van der Waals surface area contributed by atoms with E-state index >= 15 is 0 Å². The molecule has 0 saturated heterocycles. The zero-order valence-electron chi connectivity index (χ0n) is 13.1. The van der Waals surface area contributed by atoms with Crippen molar-refractivity contribution in [1.29, 1.82) is 0 Å². The SMILES string of the molecule is O=C1/C(=C2\C(=O)C3CCCC4CCCC2C43)Sc2ccccc21. The van der Waals surface area contributed by atoms with Crippen LogP contribution in [0.5, 0.6) is 0 Å². The quantitative estimate of drug-likeness (QED) is 0.652. The van der Waals surface area contributed by atoms with Crippen molar-refractivity contribution in [2.24, 2.45) is 23.7 Å². The molecule has 5 rings (SSSR count). The number of hydrogen-bond acceptors (Lipinski definition) is 3. The molecule has 4 unspecified atom stereocenters. The highest BCUT2D eigenvalue weighted by molar-refractivity contribution is 8.04. The second-order valence-electron chi connectivity index (χ2n) is 7.45. The molecule has 0 amide bonds. The van der Waals surface area contributed by atoms with E-state index in [0.717, 1.165) is 39.7 Å². The Hall–Kier alpha value is -1.35. The van der Waals surface area contributed by atoms with Gasteiger partial charge in [-0.25, -0.2) is 0 Å². The monoisotopic (exact) mass is 324 g/mol. The molecule has 0 aromatic heterocycles. The molecule has 1 aromatic rings. The van der Waals surface area contributed by atoms with E-state index in [9.17, 15) is 9.59 Å². The second-order valence-corrected chi connectivity index (χ2v) is 8.50. The molecule has 1 heterocycles. The third-order valence-electron chi connectivity index (χ3n) is 6.42. The predicted molar refractivity (Wildman–Crippen MR) is 90.3 cm³/mol. The number of thioether (sulfide) groups is 1. The minimum Gasteiger partial charge on any atom is -0.294 e. The molecule has 0 N–H and O–H groups in total. The number of fused-ring (bicyclic) bond motifs is 1. The van der Waals surface area contributed by atoms with Gasteiger partial charge in [0, 0.05) is 21.9 Å². The van der Waals surface area contributed by atoms with E-state index in [1.54, 1.807) is 11.8 Å². The number of hydrogen-bond donors (Lipinski definition) is 0.